The second-order valence-electron chi connectivity index (χ2n) is 8.25. The zero-order valence-electron chi connectivity index (χ0n) is 17.9. The van der Waals surface area contributed by atoms with E-state index in [4.69, 9.17) is 11.6 Å². The molecule has 0 bridgehead atoms. The maximum atomic E-state index is 13.3. The van der Waals surface area contributed by atoms with Crippen LogP contribution in [0.4, 0.5) is 5.69 Å². The van der Waals surface area contributed by atoms with Gasteiger partial charge < -0.3 is 14.4 Å². The number of fused-ring (bicyclic) bond motifs is 2. The van der Waals surface area contributed by atoms with E-state index in [2.05, 4.69) is 11.8 Å². The van der Waals surface area contributed by atoms with Gasteiger partial charge >= 0.3 is 0 Å². The van der Waals surface area contributed by atoms with E-state index in [1.165, 1.54) is 5.56 Å². The molecule has 0 N–H and O–H groups in total. The molecule has 1 saturated heterocycles. The predicted molar refractivity (Wildman–Crippen MR) is 131 cm³/mol. The highest BCUT2D eigenvalue weighted by atomic mass is 35.5. The standard InChI is InChI=1S/C26H24ClN3O2/c1-18-10-11-19(27)16-24(18)28-12-14-29(15-13-28)25(31)17-30-22-8-4-2-6-20(22)26(32)21-7-3-5-9-23(21)30/h2-11,16H,12-15,17H2,1H3. The lowest BCUT2D eigenvalue weighted by molar-refractivity contribution is -0.132. The van der Waals surface area contributed by atoms with E-state index in [-0.39, 0.29) is 17.9 Å². The molecule has 1 fully saturated rings. The van der Waals surface area contributed by atoms with Gasteiger partial charge in [-0.15, -0.1) is 0 Å². The normalized spacial score (nSPS) is 14.3. The number of pyridine rings is 1. The second kappa shape index (κ2) is 8.32. The van der Waals surface area contributed by atoms with Gasteiger partial charge in [0.05, 0.1) is 11.0 Å². The van der Waals surface area contributed by atoms with Gasteiger partial charge in [0.15, 0.2) is 5.43 Å². The Morgan fingerprint density at radius 1 is 0.875 bits per heavy atom. The number of para-hydroxylation sites is 2. The van der Waals surface area contributed by atoms with Crippen LogP contribution in [0.3, 0.4) is 0 Å². The number of benzene rings is 3. The summed E-state index contributed by atoms with van der Waals surface area (Å²) in [6, 6.07) is 20.9. The van der Waals surface area contributed by atoms with Crippen molar-refractivity contribution in [3.05, 3.63) is 87.5 Å². The number of carbonyl (C=O) groups excluding carboxylic acids is 1. The first-order valence-electron chi connectivity index (χ1n) is 10.8. The van der Waals surface area contributed by atoms with Gasteiger partial charge in [0.1, 0.15) is 6.54 Å². The SMILES string of the molecule is Cc1ccc(Cl)cc1N1CCN(C(=O)Cn2c3ccccc3c(=O)c3ccccc32)CC1. The average Bonchev–Trinajstić information content (AvgIpc) is 2.83. The first-order valence-corrected chi connectivity index (χ1v) is 11.2. The number of piperazine rings is 1. The Kier molecular flexibility index (Phi) is 5.35. The van der Waals surface area contributed by atoms with Crippen molar-refractivity contribution in [3.63, 3.8) is 0 Å². The van der Waals surface area contributed by atoms with Crippen LogP contribution in [0.1, 0.15) is 5.56 Å². The quantitative estimate of drug-likeness (QED) is 0.437. The lowest BCUT2D eigenvalue weighted by atomic mass is 10.1. The lowest BCUT2D eigenvalue weighted by Crippen LogP contribution is -2.49. The topological polar surface area (TPSA) is 45.5 Å². The molecule has 3 aromatic carbocycles. The van der Waals surface area contributed by atoms with Gasteiger partial charge in [-0.1, -0.05) is 41.9 Å². The number of nitrogens with zero attached hydrogens (tertiary/aromatic N) is 3. The molecule has 1 aliphatic heterocycles. The van der Waals surface area contributed by atoms with E-state index in [0.29, 0.717) is 23.9 Å². The van der Waals surface area contributed by atoms with Crippen molar-refractivity contribution in [3.8, 4) is 0 Å². The average molecular weight is 446 g/mol. The van der Waals surface area contributed by atoms with E-state index in [0.717, 1.165) is 34.8 Å². The molecule has 1 amide bonds. The molecule has 0 unspecified atom stereocenters. The maximum Gasteiger partial charge on any atom is 0.242 e. The van der Waals surface area contributed by atoms with E-state index in [1.807, 2.05) is 76.2 Å². The van der Waals surface area contributed by atoms with Crippen LogP contribution in [0.5, 0.6) is 0 Å². The summed E-state index contributed by atoms with van der Waals surface area (Å²) < 4.78 is 1.97. The molecule has 1 aliphatic rings. The van der Waals surface area contributed by atoms with E-state index >= 15 is 0 Å². The highest BCUT2D eigenvalue weighted by Gasteiger charge is 2.23. The Balaban J connectivity index is 1.41. The van der Waals surface area contributed by atoms with Gasteiger partial charge in [-0.3, -0.25) is 9.59 Å². The molecular formula is C26H24ClN3O2. The fraction of sp³-hybridized carbons (Fsp3) is 0.231. The van der Waals surface area contributed by atoms with Gasteiger partial charge in [-0.05, 0) is 48.9 Å². The van der Waals surface area contributed by atoms with Crippen LogP contribution >= 0.6 is 11.6 Å². The molecule has 32 heavy (non-hydrogen) atoms. The number of hydrogen-bond acceptors (Lipinski definition) is 3. The number of carbonyl (C=O) groups is 1. The first-order chi connectivity index (χ1) is 15.5. The van der Waals surface area contributed by atoms with E-state index < -0.39 is 0 Å². The molecule has 162 valence electrons. The summed E-state index contributed by atoms with van der Waals surface area (Å²) in [5, 5.41) is 2.00. The Labute approximate surface area is 191 Å². The zero-order valence-corrected chi connectivity index (χ0v) is 18.7. The largest absolute Gasteiger partial charge is 0.368 e. The lowest BCUT2D eigenvalue weighted by Gasteiger charge is -2.37. The van der Waals surface area contributed by atoms with Crippen LogP contribution in [0.25, 0.3) is 21.8 Å². The molecule has 0 saturated carbocycles. The highest BCUT2D eigenvalue weighted by Crippen LogP contribution is 2.26. The van der Waals surface area contributed by atoms with Gasteiger partial charge in [0.25, 0.3) is 0 Å². The fourth-order valence-corrected chi connectivity index (χ4v) is 4.77. The molecule has 5 rings (SSSR count). The van der Waals surface area contributed by atoms with Crippen LogP contribution in [-0.2, 0) is 11.3 Å². The van der Waals surface area contributed by atoms with Crippen molar-refractivity contribution in [1.29, 1.82) is 0 Å². The summed E-state index contributed by atoms with van der Waals surface area (Å²) in [5.74, 6) is 0.0615. The molecule has 0 spiro atoms. The van der Waals surface area contributed by atoms with Crippen LogP contribution in [0.15, 0.2) is 71.5 Å². The first kappa shape index (κ1) is 20.6. The summed E-state index contributed by atoms with van der Waals surface area (Å²) in [4.78, 5) is 30.4. The highest BCUT2D eigenvalue weighted by molar-refractivity contribution is 6.30. The summed E-state index contributed by atoms with van der Waals surface area (Å²) in [6.07, 6.45) is 0. The van der Waals surface area contributed by atoms with E-state index in [1.54, 1.807) is 0 Å². The number of hydrogen-bond donors (Lipinski definition) is 0. The monoisotopic (exact) mass is 445 g/mol. The maximum absolute atomic E-state index is 13.3. The van der Waals surface area contributed by atoms with Gasteiger partial charge in [0.2, 0.25) is 5.91 Å². The Morgan fingerprint density at radius 2 is 1.47 bits per heavy atom. The minimum Gasteiger partial charge on any atom is -0.368 e. The third-order valence-electron chi connectivity index (χ3n) is 6.32. The van der Waals surface area contributed by atoms with Gasteiger partial charge in [-0.2, -0.15) is 0 Å². The number of aryl methyl sites for hydroxylation is 1. The number of halogens is 1. The fourth-order valence-electron chi connectivity index (χ4n) is 4.60. The van der Waals surface area contributed by atoms with Crippen molar-refractivity contribution < 1.29 is 4.79 Å². The number of rotatable bonds is 3. The Hall–Kier alpha value is -3.31. The van der Waals surface area contributed by atoms with E-state index in [9.17, 15) is 9.59 Å². The number of aromatic nitrogens is 1. The molecule has 0 aliphatic carbocycles. The van der Waals surface area contributed by atoms with Crippen molar-refractivity contribution in [2.75, 3.05) is 31.1 Å². The molecule has 5 nitrogen and oxygen atoms in total. The molecule has 2 heterocycles. The minimum absolute atomic E-state index is 0.00500. The van der Waals surface area contributed by atoms with Gasteiger partial charge in [0, 0.05) is 47.7 Å². The Bertz CT molecular complexity index is 1330. The van der Waals surface area contributed by atoms with Crippen molar-refractivity contribution in [2.24, 2.45) is 0 Å². The summed E-state index contributed by atoms with van der Waals surface area (Å²) in [6.45, 7) is 5.12. The van der Waals surface area contributed by atoms with Gasteiger partial charge in [-0.25, -0.2) is 0 Å². The third-order valence-corrected chi connectivity index (χ3v) is 6.55. The van der Waals surface area contributed by atoms with Crippen molar-refractivity contribution in [2.45, 2.75) is 13.5 Å². The third kappa shape index (κ3) is 3.63. The molecule has 6 heteroatoms. The summed E-state index contributed by atoms with van der Waals surface area (Å²) in [7, 11) is 0. The number of anilines is 1. The molecular weight excluding hydrogens is 422 g/mol. The summed E-state index contributed by atoms with van der Waals surface area (Å²) in [5.41, 5.74) is 3.89. The van der Waals surface area contributed by atoms with Crippen molar-refractivity contribution >= 4 is 45.0 Å². The number of amides is 1. The summed E-state index contributed by atoms with van der Waals surface area (Å²) >= 11 is 6.20. The minimum atomic E-state index is 0.00500. The predicted octanol–water partition coefficient (Wildman–Crippen LogP) is 4.47. The van der Waals surface area contributed by atoms with Crippen LogP contribution in [0.2, 0.25) is 5.02 Å². The van der Waals surface area contributed by atoms with Crippen LogP contribution < -0.4 is 10.3 Å². The molecule has 4 aromatic rings. The Morgan fingerprint density at radius 3 is 2.09 bits per heavy atom. The second-order valence-corrected chi connectivity index (χ2v) is 8.68. The molecule has 1 aromatic heterocycles. The zero-order chi connectivity index (χ0) is 22.2. The van der Waals surface area contributed by atoms with Crippen LogP contribution in [0, 0.1) is 6.92 Å². The molecule has 0 atom stereocenters. The molecule has 0 radical (unpaired) electrons. The van der Waals surface area contributed by atoms with Crippen LogP contribution in [-0.4, -0.2) is 41.6 Å². The van der Waals surface area contributed by atoms with Crippen molar-refractivity contribution in [1.82, 2.24) is 9.47 Å². The smallest absolute Gasteiger partial charge is 0.242 e.